The highest BCUT2D eigenvalue weighted by atomic mass is 16.5. The van der Waals surface area contributed by atoms with Crippen LogP contribution >= 0.6 is 0 Å². The van der Waals surface area contributed by atoms with E-state index in [1.165, 1.54) is 0 Å². The summed E-state index contributed by atoms with van der Waals surface area (Å²) < 4.78 is 5.56. The van der Waals surface area contributed by atoms with E-state index < -0.39 is 6.04 Å². The summed E-state index contributed by atoms with van der Waals surface area (Å²) in [6.07, 6.45) is 0. The molecule has 0 aliphatic carbocycles. The van der Waals surface area contributed by atoms with Crippen molar-refractivity contribution in [2.75, 3.05) is 31.6 Å². The van der Waals surface area contributed by atoms with E-state index >= 15 is 0 Å². The number of hydrogen-bond acceptors (Lipinski definition) is 4. The zero-order valence-corrected chi connectivity index (χ0v) is 17.9. The molecule has 5 rings (SSSR count). The molecule has 2 heterocycles. The van der Waals surface area contributed by atoms with E-state index in [0.29, 0.717) is 23.5 Å². The number of hydrogen-bond donors (Lipinski definition) is 1. The first kappa shape index (κ1) is 20.8. The van der Waals surface area contributed by atoms with Crippen LogP contribution in [0.3, 0.4) is 0 Å². The third-order valence-corrected chi connectivity index (χ3v) is 6.02. The number of fused-ring (bicyclic) bond motifs is 2. The zero-order valence-electron chi connectivity index (χ0n) is 17.9. The molecule has 1 atom stereocenters. The molecule has 7 nitrogen and oxygen atoms in total. The molecule has 0 aromatic heterocycles. The van der Waals surface area contributed by atoms with Gasteiger partial charge in [0.15, 0.2) is 6.61 Å². The Morgan fingerprint density at radius 3 is 2.39 bits per heavy atom. The Morgan fingerprint density at radius 1 is 0.909 bits per heavy atom. The normalized spacial score (nSPS) is 17.5. The van der Waals surface area contributed by atoms with E-state index in [2.05, 4.69) is 5.32 Å². The molecule has 3 amide bonds. The number of nitrogens with one attached hydrogen (secondary N) is 1. The van der Waals surface area contributed by atoms with E-state index in [1.54, 1.807) is 28.0 Å². The van der Waals surface area contributed by atoms with Crippen molar-refractivity contribution < 1.29 is 19.1 Å². The lowest BCUT2D eigenvalue weighted by atomic mass is 10.0. The predicted octanol–water partition coefficient (Wildman–Crippen LogP) is 3.04. The van der Waals surface area contributed by atoms with Gasteiger partial charge in [-0.15, -0.1) is 0 Å². The van der Waals surface area contributed by atoms with Crippen LogP contribution in [0.2, 0.25) is 0 Å². The molecular weight excluding hydrogens is 418 g/mol. The van der Waals surface area contributed by atoms with E-state index in [-0.39, 0.29) is 37.4 Å². The third-order valence-electron chi connectivity index (χ3n) is 6.02. The summed E-state index contributed by atoms with van der Waals surface area (Å²) in [5, 5.41) is 2.88. The van der Waals surface area contributed by atoms with Gasteiger partial charge in [-0.3, -0.25) is 14.4 Å². The zero-order chi connectivity index (χ0) is 22.8. The highest BCUT2D eigenvalue weighted by Crippen LogP contribution is 2.30. The SMILES string of the molecule is O=C1Nc2ccc(-c3ccccc3)cc2C(=O)N2CCN(C(=O)COc3ccccc3)C[C@H]12. The summed E-state index contributed by atoms with van der Waals surface area (Å²) in [6, 6.07) is 23.6. The van der Waals surface area contributed by atoms with Crippen molar-refractivity contribution >= 4 is 23.4 Å². The summed E-state index contributed by atoms with van der Waals surface area (Å²) in [6.45, 7) is 0.643. The number of nitrogens with zero attached hydrogens (tertiary/aromatic N) is 2. The second kappa shape index (κ2) is 8.78. The van der Waals surface area contributed by atoms with Crippen LogP contribution in [-0.2, 0) is 9.59 Å². The van der Waals surface area contributed by atoms with Crippen molar-refractivity contribution in [2.45, 2.75) is 6.04 Å². The molecule has 1 fully saturated rings. The number of amides is 3. The largest absolute Gasteiger partial charge is 0.484 e. The van der Waals surface area contributed by atoms with Crippen LogP contribution in [0.5, 0.6) is 5.75 Å². The number of rotatable bonds is 4. The van der Waals surface area contributed by atoms with Gasteiger partial charge in [-0.05, 0) is 35.4 Å². The minimum absolute atomic E-state index is 0.118. The topological polar surface area (TPSA) is 79.0 Å². The average molecular weight is 441 g/mol. The van der Waals surface area contributed by atoms with E-state index in [1.807, 2.05) is 60.7 Å². The van der Waals surface area contributed by atoms with Gasteiger partial charge in [0.25, 0.3) is 11.8 Å². The Morgan fingerprint density at radius 2 is 1.64 bits per heavy atom. The molecule has 33 heavy (non-hydrogen) atoms. The van der Waals surface area contributed by atoms with Gasteiger partial charge >= 0.3 is 0 Å². The second-order valence-corrected chi connectivity index (χ2v) is 8.07. The number of carbonyl (C=O) groups is 3. The van der Waals surface area contributed by atoms with Crippen molar-refractivity contribution in [3.63, 3.8) is 0 Å². The summed E-state index contributed by atoms with van der Waals surface area (Å²) in [5.74, 6) is -0.113. The van der Waals surface area contributed by atoms with E-state index in [9.17, 15) is 14.4 Å². The van der Waals surface area contributed by atoms with Crippen LogP contribution in [-0.4, -0.2) is 59.8 Å². The van der Waals surface area contributed by atoms with Crippen molar-refractivity contribution in [3.8, 4) is 16.9 Å². The fourth-order valence-electron chi connectivity index (χ4n) is 4.24. The molecule has 0 unspecified atom stereocenters. The molecule has 3 aromatic carbocycles. The first-order chi connectivity index (χ1) is 16.1. The fourth-order valence-corrected chi connectivity index (χ4v) is 4.24. The minimum atomic E-state index is -0.750. The molecular formula is C26H23N3O4. The number of ether oxygens (including phenoxy) is 1. The lowest BCUT2D eigenvalue weighted by Gasteiger charge is -2.39. The Hall–Kier alpha value is -4.13. The van der Waals surface area contributed by atoms with Crippen molar-refractivity contribution in [3.05, 3.63) is 84.4 Å². The minimum Gasteiger partial charge on any atom is -0.484 e. The van der Waals surface area contributed by atoms with Gasteiger partial charge in [-0.2, -0.15) is 0 Å². The monoisotopic (exact) mass is 441 g/mol. The molecule has 2 aliphatic rings. The molecule has 2 aliphatic heterocycles. The highest BCUT2D eigenvalue weighted by molar-refractivity contribution is 6.10. The Bertz CT molecular complexity index is 1200. The number of anilines is 1. The number of carbonyl (C=O) groups excluding carboxylic acids is 3. The van der Waals surface area contributed by atoms with E-state index in [4.69, 9.17) is 4.74 Å². The molecule has 3 aromatic rings. The molecule has 0 radical (unpaired) electrons. The first-order valence-corrected chi connectivity index (χ1v) is 10.9. The number of piperazine rings is 1. The first-order valence-electron chi connectivity index (χ1n) is 10.9. The molecule has 166 valence electrons. The Labute approximate surface area is 191 Å². The van der Waals surface area contributed by atoms with Gasteiger partial charge in [-0.25, -0.2) is 0 Å². The van der Waals surface area contributed by atoms with Gasteiger partial charge in [0.05, 0.1) is 17.8 Å². The Balaban J connectivity index is 1.33. The number of benzene rings is 3. The van der Waals surface area contributed by atoms with Crippen molar-refractivity contribution in [1.29, 1.82) is 0 Å². The maximum absolute atomic E-state index is 13.4. The predicted molar refractivity (Wildman–Crippen MR) is 124 cm³/mol. The van der Waals surface area contributed by atoms with Crippen LogP contribution in [0.4, 0.5) is 5.69 Å². The van der Waals surface area contributed by atoms with Crippen molar-refractivity contribution in [2.24, 2.45) is 0 Å². The molecule has 0 saturated carbocycles. The van der Waals surface area contributed by atoms with Crippen LogP contribution in [0, 0.1) is 0 Å². The van der Waals surface area contributed by atoms with Crippen LogP contribution < -0.4 is 10.1 Å². The van der Waals surface area contributed by atoms with Crippen LogP contribution in [0.15, 0.2) is 78.9 Å². The summed E-state index contributed by atoms with van der Waals surface area (Å²) in [4.78, 5) is 42.2. The van der Waals surface area contributed by atoms with E-state index in [0.717, 1.165) is 11.1 Å². The molecule has 1 saturated heterocycles. The smallest absolute Gasteiger partial charge is 0.260 e. The van der Waals surface area contributed by atoms with Crippen LogP contribution in [0.25, 0.3) is 11.1 Å². The molecule has 7 heteroatoms. The van der Waals surface area contributed by atoms with Gasteiger partial charge < -0.3 is 19.9 Å². The maximum Gasteiger partial charge on any atom is 0.260 e. The van der Waals surface area contributed by atoms with Crippen LogP contribution in [0.1, 0.15) is 10.4 Å². The molecule has 0 bridgehead atoms. The van der Waals surface area contributed by atoms with Gasteiger partial charge in [0, 0.05) is 13.1 Å². The second-order valence-electron chi connectivity index (χ2n) is 8.07. The molecule has 0 spiro atoms. The summed E-state index contributed by atoms with van der Waals surface area (Å²) >= 11 is 0. The average Bonchev–Trinajstić information content (AvgIpc) is 2.97. The van der Waals surface area contributed by atoms with Gasteiger partial charge in [0.1, 0.15) is 11.8 Å². The summed E-state index contributed by atoms with van der Waals surface area (Å²) in [5.41, 5.74) is 2.85. The summed E-state index contributed by atoms with van der Waals surface area (Å²) in [7, 11) is 0. The molecule has 1 N–H and O–H groups in total. The highest BCUT2D eigenvalue weighted by Gasteiger charge is 2.40. The lowest BCUT2D eigenvalue weighted by molar-refractivity contribution is -0.137. The van der Waals surface area contributed by atoms with Gasteiger partial charge in [-0.1, -0.05) is 54.6 Å². The lowest BCUT2D eigenvalue weighted by Crippen LogP contribution is -2.60. The Kier molecular flexibility index (Phi) is 5.52. The maximum atomic E-state index is 13.4. The fraction of sp³-hybridized carbons (Fsp3) is 0.192. The standard InChI is InChI=1S/C26H23N3O4/c30-24(17-33-20-9-5-2-6-10-20)28-13-14-29-23(16-28)25(31)27-22-12-11-19(15-21(22)26(29)32)18-7-3-1-4-8-18/h1-12,15,23H,13-14,16-17H2,(H,27,31)/t23-/m1/s1. The van der Waals surface area contributed by atoms with Crippen molar-refractivity contribution in [1.82, 2.24) is 9.80 Å². The number of para-hydroxylation sites is 1. The quantitative estimate of drug-likeness (QED) is 0.675. The van der Waals surface area contributed by atoms with Gasteiger partial charge in [0.2, 0.25) is 5.91 Å². The third kappa shape index (κ3) is 4.17.